The van der Waals surface area contributed by atoms with Gasteiger partial charge in [-0.3, -0.25) is 4.98 Å². The third-order valence-corrected chi connectivity index (χ3v) is 8.15. The third-order valence-electron chi connectivity index (χ3n) is 5.78. The number of aryl methyl sites for hydroxylation is 1. The predicted molar refractivity (Wildman–Crippen MR) is 125 cm³/mol. The molecule has 0 saturated carbocycles. The van der Waals surface area contributed by atoms with Gasteiger partial charge >= 0.3 is 0 Å². The Labute approximate surface area is 192 Å². The number of nitrogens with one attached hydrogen (secondary N) is 1. The topological polar surface area (TPSA) is 63.2 Å². The van der Waals surface area contributed by atoms with Gasteiger partial charge in [0.1, 0.15) is 17.5 Å². The minimum absolute atomic E-state index is 0.0405. The minimum atomic E-state index is -2.86. The predicted octanol–water partition coefficient (Wildman–Crippen LogP) is 4.09. The molecule has 1 saturated heterocycles. The van der Waals surface area contributed by atoms with Crippen LogP contribution in [0.25, 0.3) is 10.9 Å². The van der Waals surface area contributed by atoms with Crippen LogP contribution in [0.1, 0.15) is 23.4 Å². The molecule has 0 bridgehead atoms. The summed E-state index contributed by atoms with van der Waals surface area (Å²) >= 11 is 0. The number of aromatic nitrogens is 3. The molecule has 6 nitrogen and oxygen atoms in total. The van der Waals surface area contributed by atoms with Gasteiger partial charge in [0.25, 0.3) is 6.43 Å². The average Bonchev–Trinajstić information content (AvgIpc) is 2.81. The van der Waals surface area contributed by atoms with Crippen LogP contribution in [0, 0.1) is 12.7 Å². The average molecular weight is 477 g/mol. The van der Waals surface area contributed by atoms with Crippen LogP contribution in [0.15, 0.2) is 30.5 Å². The first-order valence-electron chi connectivity index (χ1n) is 10.9. The molecule has 1 aliphatic heterocycles. The molecule has 0 amide bonds. The summed E-state index contributed by atoms with van der Waals surface area (Å²) in [5.41, 5.74) is 1.32. The molecular formula is C23H27F3N5OP. The van der Waals surface area contributed by atoms with E-state index < -0.39 is 25.7 Å². The standard InChI is InChI=1S/C23H27F3N5OP/c1-15-29-19-14-27-20(33-10-7-31(8-11-33)6-9-32-2)12-18(19)23(30-15)28-13-16-4-3-5-17(21(16)24)22(25)26/h3-5,12,14,22H,6-11,13H2,1-2H3,(H,28,29,30). The molecule has 1 N–H and O–H groups in total. The van der Waals surface area contributed by atoms with Gasteiger partial charge in [0.05, 0.1) is 29.3 Å². The van der Waals surface area contributed by atoms with Crippen LogP contribution in [-0.4, -0.2) is 65.5 Å². The quantitative estimate of drug-likeness (QED) is 0.493. The summed E-state index contributed by atoms with van der Waals surface area (Å²) in [5.74, 6) is 0.219. The zero-order chi connectivity index (χ0) is 23.4. The van der Waals surface area contributed by atoms with Gasteiger partial charge in [-0.05, 0) is 25.3 Å². The maximum absolute atomic E-state index is 14.5. The Morgan fingerprint density at radius 1 is 1.21 bits per heavy atom. The zero-order valence-corrected chi connectivity index (χ0v) is 19.6. The highest BCUT2D eigenvalue weighted by Crippen LogP contribution is 2.37. The van der Waals surface area contributed by atoms with E-state index in [1.165, 1.54) is 12.1 Å². The summed E-state index contributed by atoms with van der Waals surface area (Å²) in [5, 5.41) is 3.94. The fourth-order valence-corrected chi connectivity index (χ4v) is 6.21. The van der Waals surface area contributed by atoms with Crippen molar-refractivity contribution in [3.05, 3.63) is 53.2 Å². The van der Waals surface area contributed by atoms with Gasteiger partial charge in [0, 0.05) is 44.2 Å². The second kappa shape index (κ2) is 10.7. The number of methoxy groups -OCH3 is 1. The number of anilines is 1. The molecular weight excluding hydrogens is 450 g/mol. The number of halogens is 3. The van der Waals surface area contributed by atoms with Gasteiger partial charge in [0.15, 0.2) is 0 Å². The highest BCUT2D eigenvalue weighted by atomic mass is 31.1. The van der Waals surface area contributed by atoms with Crippen LogP contribution in [-0.2, 0) is 11.3 Å². The van der Waals surface area contributed by atoms with Crippen molar-refractivity contribution in [2.24, 2.45) is 0 Å². The Kier molecular flexibility index (Phi) is 7.73. The number of rotatable bonds is 8. The molecule has 1 aliphatic rings. The van der Waals surface area contributed by atoms with Gasteiger partial charge in [0.2, 0.25) is 0 Å². The largest absolute Gasteiger partial charge is 0.383 e. The second-order valence-electron chi connectivity index (χ2n) is 7.98. The normalized spacial score (nSPS) is 15.5. The summed E-state index contributed by atoms with van der Waals surface area (Å²) in [6.07, 6.45) is 1.04. The number of ether oxygens (including phenoxy) is 1. The number of benzene rings is 1. The van der Waals surface area contributed by atoms with Crippen molar-refractivity contribution in [2.75, 3.05) is 51.0 Å². The smallest absolute Gasteiger partial charge is 0.266 e. The first-order chi connectivity index (χ1) is 16.0. The zero-order valence-electron chi connectivity index (χ0n) is 18.7. The third kappa shape index (κ3) is 5.60. The highest BCUT2D eigenvalue weighted by molar-refractivity contribution is 7.65. The van der Waals surface area contributed by atoms with E-state index in [4.69, 9.17) is 4.74 Å². The summed E-state index contributed by atoms with van der Waals surface area (Å²) in [7, 11) is 1.33. The Bertz CT molecular complexity index is 1110. The lowest BCUT2D eigenvalue weighted by Crippen LogP contribution is -2.37. The molecule has 4 rings (SSSR count). The van der Waals surface area contributed by atoms with Crippen molar-refractivity contribution in [3.63, 3.8) is 0 Å². The summed E-state index contributed by atoms with van der Waals surface area (Å²) in [4.78, 5) is 16.1. The number of fused-ring (bicyclic) bond motifs is 1. The molecule has 10 heteroatoms. The van der Waals surface area contributed by atoms with Gasteiger partial charge in [-0.25, -0.2) is 23.1 Å². The maximum atomic E-state index is 14.5. The monoisotopic (exact) mass is 477 g/mol. The number of hydrogen-bond donors (Lipinski definition) is 1. The molecule has 3 heterocycles. The van der Waals surface area contributed by atoms with Gasteiger partial charge in [-0.2, -0.15) is 0 Å². The molecule has 0 unspecified atom stereocenters. The maximum Gasteiger partial charge on any atom is 0.266 e. The molecule has 0 radical (unpaired) electrons. The van der Waals surface area contributed by atoms with Crippen LogP contribution in [0.5, 0.6) is 0 Å². The lowest BCUT2D eigenvalue weighted by molar-refractivity contribution is 0.146. The van der Waals surface area contributed by atoms with E-state index in [9.17, 15) is 13.2 Å². The lowest BCUT2D eigenvalue weighted by Gasteiger charge is -2.31. The van der Waals surface area contributed by atoms with Crippen molar-refractivity contribution in [1.29, 1.82) is 0 Å². The van der Waals surface area contributed by atoms with Crippen molar-refractivity contribution in [2.45, 2.75) is 19.9 Å². The highest BCUT2D eigenvalue weighted by Gasteiger charge is 2.22. The first kappa shape index (κ1) is 23.8. The van der Waals surface area contributed by atoms with Crippen LogP contribution in [0.2, 0.25) is 0 Å². The number of alkyl halides is 2. The van der Waals surface area contributed by atoms with Crippen molar-refractivity contribution in [3.8, 4) is 0 Å². The van der Waals surface area contributed by atoms with Crippen LogP contribution in [0.3, 0.4) is 0 Å². The SMILES string of the molecule is COCCN1CCP(c2cc3c(NCc4cccc(C(F)F)c4F)nc(C)nc3cn2)CC1. The number of pyridine rings is 1. The summed E-state index contributed by atoms with van der Waals surface area (Å²) < 4.78 is 45.7. The Morgan fingerprint density at radius 2 is 2.00 bits per heavy atom. The Balaban J connectivity index is 1.55. The molecule has 176 valence electrons. The van der Waals surface area contributed by atoms with Crippen LogP contribution < -0.4 is 10.8 Å². The van der Waals surface area contributed by atoms with Crippen molar-refractivity contribution in [1.82, 2.24) is 19.9 Å². The molecule has 0 spiro atoms. The minimum Gasteiger partial charge on any atom is -0.383 e. The molecule has 0 atom stereocenters. The van der Waals surface area contributed by atoms with E-state index in [1.54, 1.807) is 20.2 Å². The molecule has 33 heavy (non-hydrogen) atoms. The molecule has 1 fully saturated rings. The van der Waals surface area contributed by atoms with E-state index in [0.717, 1.165) is 55.5 Å². The van der Waals surface area contributed by atoms with E-state index in [0.29, 0.717) is 17.2 Å². The van der Waals surface area contributed by atoms with Crippen molar-refractivity contribution >= 4 is 30.1 Å². The number of nitrogens with zero attached hydrogens (tertiary/aromatic N) is 4. The van der Waals surface area contributed by atoms with Crippen molar-refractivity contribution < 1.29 is 17.9 Å². The number of hydrogen-bond acceptors (Lipinski definition) is 6. The Hall–Kier alpha value is -2.35. The van der Waals surface area contributed by atoms with E-state index in [-0.39, 0.29) is 12.1 Å². The Morgan fingerprint density at radius 3 is 2.73 bits per heavy atom. The molecule has 1 aromatic carbocycles. The molecule has 2 aromatic heterocycles. The van der Waals surface area contributed by atoms with Gasteiger partial charge in [-0.1, -0.05) is 26.1 Å². The summed E-state index contributed by atoms with van der Waals surface area (Å²) in [6.45, 7) is 5.53. The lowest BCUT2D eigenvalue weighted by atomic mass is 10.1. The van der Waals surface area contributed by atoms with E-state index in [2.05, 4.69) is 25.2 Å². The fraction of sp³-hybridized carbons (Fsp3) is 0.435. The molecule has 0 aliphatic carbocycles. The van der Waals surface area contributed by atoms with Gasteiger partial charge in [-0.15, -0.1) is 0 Å². The summed E-state index contributed by atoms with van der Waals surface area (Å²) in [6, 6.07) is 6.07. The second-order valence-corrected chi connectivity index (χ2v) is 10.4. The van der Waals surface area contributed by atoms with Crippen LogP contribution in [0.4, 0.5) is 19.0 Å². The first-order valence-corrected chi connectivity index (χ1v) is 12.6. The van der Waals surface area contributed by atoms with E-state index >= 15 is 0 Å². The molecule has 3 aromatic rings. The van der Waals surface area contributed by atoms with E-state index in [1.807, 2.05) is 6.07 Å². The van der Waals surface area contributed by atoms with Gasteiger partial charge < -0.3 is 15.0 Å². The van der Waals surface area contributed by atoms with Crippen LogP contribution >= 0.6 is 7.92 Å². The fourth-order valence-electron chi connectivity index (χ4n) is 3.95.